The number of H-pyrrole nitrogens is 1. The summed E-state index contributed by atoms with van der Waals surface area (Å²) in [6.07, 6.45) is 5.06. The van der Waals surface area contributed by atoms with E-state index >= 15 is 0 Å². The van der Waals surface area contributed by atoms with E-state index in [1.807, 2.05) is 42.5 Å². The van der Waals surface area contributed by atoms with Crippen LogP contribution < -0.4 is 0 Å². The van der Waals surface area contributed by atoms with Crippen molar-refractivity contribution in [2.24, 2.45) is 0 Å². The van der Waals surface area contributed by atoms with Gasteiger partial charge in [-0.2, -0.15) is 0 Å². The Labute approximate surface area is 150 Å². The third-order valence-corrected chi connectivity index (χ3v) is 4.51. The SMILES string of the molecule is CCOC(=O)C(c1ccc[nH]1)(c1ccco1)c1cccc2cccnc12. The number of hydrogen-bond acceptors (Lipinski definition) is 4. The zero-order valence-electron chi connectivity index (χ0n) is 14.3. The van der Waals surface area contributed by atoms with Gasteiger partial charge in [-0.1, -0.05) is 24.3 Å². The number of nitrogens with one attached hydrogen (secondary N) is 1. The maximum Gasteiger partial charge on any atom is 0.330 e. The van der Waals surface area contributed by atoms with Gasteiger partial charge in [0, 0.05) is 29.0 Å². The van der Waals surface area contributed by atoms with E-state index < -0.39 is 11.4 Å². The standard InChI is InChI=1S/C21H18N2O3/c1-2-25-20(24)21(17-10-5-12-22-17,18-11-6-14-26-18)16-9-3-7-15-8-4-13-23-19(15)16/h3-14,22H,2H2,1H3. The molecule has 0 amide bonds. The summed E-state index contributed by atoms with van der Waals surface area (Å²) >= 11 is 0. The first-order valence-electron chi connectivity index (χ1n) is 8.47. The lowest BCUT2D eigenvalue weighted by molar-refractivity contribution is -0.147. The first kappa shape index (κ1) is 16.1. The number of para-hydroxylation sites is 1. The predicted octanol–water partition coefficient (Wildman–Crippen LogP) is 4.05. The summed E-state index contributed by atoms with van der Waals surface area (Å²) in [5.74, 6) is 0.0760. The van der Waals surface area contributed by atoms with Gasteiger partial charge < -0.3 is 14.1 Å². The van der Waals surface area contributed by atoms with Gasteiger partial charge in [-0.15, -0.1) is 0 Å². The van der Waals surface area contributed by atoms with E-state index in [1.165, 1.54) is 0 Å². The van der Waals surface area contributed by atoms with Gasteiger partial charge in [0.15, 0.2) is 5.41 Å². The van der Waals surface area contributed by atoms with E-state index in [-0.39, 0.29) is 6.61 Å². The van der Waals surface area contributed by atoms with Gasteiger partial charge in [0.25, 0.3) is 0 Å². The summed E-state index contributed by atoms with van der Waals surface area (Å²) < 4.78 is 11.3. The minimum absolute atomic E-state index is 0.264. The Morgan fingerprint density at radius 3 is 2.77 bits per heavy atom. The number of hydrogen-bond donors (Lipinski definition) is 1. The molecule has 1 unspecified atom stereocenters. The number of benzene rings is 1. The number of pyridine rings is 1. The second-order valence-electron chi connectivity index (χ2n) is 5.91. The molecule has 0 bridgehead atoms. The van der Waals surface area contributed by atoms with Gasteiger partial charge >= 0.3 is 5.97 Å². The Bertz CT molecular complexity index is 981. The highest BCUT2D eigenvalue weighted by Gasteiger charge is 2.50. The van der Waals surface area contributed by atoms with Crippen LogP contribution in [0.4, 0.5) is 0 Å². The maximum absolute atomic E-state index is 13.4. The lowest BCUT2D eigenvalue weighted by Gasteiger charge is -2.30. The molecule has 3 aromatic heterocycles. The van der Waals surface area contributed by atoms with Crippen LogP contribution in [0.5, 0.6) is 0 Å². The Balaban J connectivity index is 2.12. The van der Waals surface area contributed by atoms with Crippen molar-refractivity contribution in [3.05, 3.63) is 90.3 Å². The van der Waals surface area contributed by atoms with Crippen molar-refractivity contribution in [2.75, 3.05) is 6.61 Å². The molecule has 3 heterocycles. The smallest absolute Gasteiger partial charge is 0.330 e. The lowest BCUT2D eigenvalue weighted by atomic mass is 9.74. The van der Waals surface area contributed by atoms with E-state index in [2.05, 4.69) is 9.97 Å². The van der Waals surface area contributed by atoms with Crippen LogP contribution in [-0.2, 0) is 14.9 Å². The molecule has 0 saturated carbocycles. The van der Waals surface area contributed by atoms with Crippen LogP contribution in [-0.4, -0.2) is 22.5 Å². The molecule has 0 radical (unpaired) electrons. The molecule has 0 aliphatic heterocycles. The minimum atomic E-state index is -1.27. The van der Waals surface area contributed by atoms with E-state index in [9.17, 15) is 4.79 Å². The third kappa shape index (κ3) is 2.32. The Morgan fingerprint density at radius 1 is 1.15 bits per heavy atom. The summed E-state index contributed by atoms with van der Waals surface area (Å²) in [7, 11) is 0. The minimum Gasteiger partial charge on any atom is -0.467 e. The van der Waals surface area contributed by atoms with Crippen molar-refractivity contribution in [2.45, 2.75) is 12.3 Å². The third-order valence-electron chi connectivity index (χ3n) is 4.51. The predicted molar refractivity (Wildman–Crippen MR) is 97.8 cm³/mol. The van der Waals surface area contributed by atoms with Crippen LogP contribution in [0, 0.1) is 0 Å². The zero-order valence-corrected chi connectivity index (χ0v) is 14.3. The number of carbonyl (C=O) groups is 1. The fourth-order valence-electron chi connectivity index (χ4n) is 3.43. The highest BCUT2D eigenvalue weighted by atomic mass is 16.5. The van der Waals surface area contributed by atoms with Gasteiger partial charge in [0.1, 0.15) is 5.76 Å². The van der Waals surface area contributed by atoms with Crippen molar-refractivity contribution in [3.63, 3.8) is 0 Å². The van der Waals surface area contributed by atoms with E-state index in [0.29, 0.717) is 17.0 Å². The fraction of sp³-hybridized carbons (Fsp3) is 0.143. The second-order valence-corrected chi connectivity index (χ2v) is 5.91. The number of aromatic amines is 1. The molecular weight excluding hydrogens is 328 g/mol. The zero-order chi connectivity index (χ0) is 18.0. The summed E-state index contributed by atoms with van der Waals surface area (Å²) in [6, 6.07) is 16.9. The maximum atomic E-state index is 13.4. The summed E-state index contributed by atoms with van der Waals surface area (Å²) in [4.78, 5) is 21.1. The molecule has 5 nitrogen and oxygen atoms in total. The quantitative estimate of drug-likeness (QED) is 0.554. The topological polar surface area (TPSA) is 68.1 Å². The van der Waals surface area contributed by atoms with E-state index in [4.69, 9.17) is 9.15 Å². The largest absolute Gasteiger partial charge is 0.467 e. The number of carbonyl (C=O) groups excluding carboxylic acids is 1. The number of esters is 1. The van der Waals surface area contributed by atoms with Crippen molar-refractivity contribution < 1.29 is 13.9 Å². The molecule has 130 valence electrons. The number of furan rings is 1. The van der Waals surface area contributed by atoms with E-state index in [0.717, 1.165) is 10.9 Å². The number of nitrogens with zero attached hydrogens (tertiary/aromatic N) is 1. The second kappa shape index (κ2) is 6.52. The normalized spacial score (nSPS) is 13.4. The van der Waals surface area contributed by atoms with Crippen molar-refractivity contribution in [1.82, 2.24) is 9.97 Å². The molecule has 1 N–H and O–H groups in total. The molecule has 0 aliphatic rings. The van der Waals surface area contributed by atoms with Gasteiger partial charge in [0.05, 0.1) is 18.4 Å². The van der Waals surface area contributed by atoms with Crippen LogP contribution >= 0.6 is 0 Å². The highest BCUT2D eigenvalue weighted by molar-refractivity contribution is 5.96. The summed E-state index contributed by atoms with van der Waals surface area (Å²) in [5, 5.41) is 0.941. The number of fused-ring (bicyclic) bond motifs is 1. The van der Waals surface area contributed by atoms with Crippen LogP contribution in [0.1, 0.15) is 23.9 Å². The molecule has 26 heavy (non-hydrogen) atoms. The summed E-state index contributed by atoms with van der Waals surface area (Å²) in [5.41, 5.74) is 0.848. The van der Waals surface area contributed by atoms with Crippen LogP contribution in [0.15, 0.2) is 77.7 Å². The number of ether oxygens (including phenoxy) is 1. The molecule has 4 rings (SSSR count). The molecule has 5 heteroatoms. The van der Waals surface area contributed by atoms with E-state index in [1.54, 1.807) is 37.7 Å². The Hall–Kier alpha value is -3.34. The average Bonchev–Trinajstić information content (AvgIpc) is 3.38. The van der Waals surface area contributed by atoms with Gasteiger partial charge in [-0.25, -0.2) is 0 Å². The highest BCUT2D eigenvalue weighted by Crippen LogP contribution is 2.42. The molecule has 4 aromatic rings. The Kier molecular flexibility index (Phi) is 4.05. The molecule has 1 aromatic carbocycles. The molecule has 1 atom stereocenters. The van der Waals surface area contributed by atoms with Gasteiger partial charge in [0.2, 0.25) is 0 Å². The average molecular weight is 346 g/mol. The fourth-order valence-corrected chi connectivity index (χ4v) is 3.43. The Morgan fingerprint density at radius 2 is 2.04 bits per heavy atom. The van der Waals surface area contributed by atoms with Crippen molar-refractivity contribution >= 4 is 16.9 Å². The molecular formula is C21H18N2O3. The van der Waals surface area contributed by atoms with Crippen LogP contribution in [0.25, 0.3) is 10.9 Å². The van der Waals surface area contributed by atoms with Crippen molar-refractivity contribution in [3.8, 4) is 0 Å². The molecule has 0 aliphatic carbocycles. The lowest BCUT2D eigenvalue weighted by Crippen LogP contribution is -2.40. The van der Waals surface area contributed by atoms with Gasteiger partial charge in [-0.3, -0.25) is 9.78 Å². The summed E-state index contributed by atoms with van der Waals surface area (Å²) in [6.45, 7) is 2.06. The molecule has 0 spiro atoms. The van der Waals surface area contributed by atoms with Crippen molar-refractivity contribution in [1.29, 1.82) is 0 Å². The molecule has 0 fully saturated rings. The number of aromatic nitrogens is 2. The molecule has 0 saturated heterocycles. The van der Waals surface area contributed by atoms with Crippen LogP contribution in [0.2, 0.25) is 0 Å². The van der Waals surface area contributed by atoms with Gasteiger partial charge in [-0.05, 0) is 37.3 Å². The first-order valence-corrected chi connectivity index (χ1v) is 8.47. The monoisotopic (exact) mass is 346 g/mol. The first-order chi connectivity index (χ1) is 12.8. The van der Waals surface area contributed by atoms with Crippen LogP contribution in [0.3, 0.4) is 0 Å². The number of rotatable bonds is 5.